The molecule has 3 nitrogen and oxygen atoms in total. The van der Waals surface area contributed by atoms with E-state index < -0.39 is 0 Å². The van der Waals surface area contributed by atoms with E-state index >= 15 is 0 Å². The van der Waals surface area contributed by atoms with Crippen LogP contribution in [-0.4, -0.2) is 22.8 Å². The lowest BCUT2D eigenvalue weighted by atomic mass is 9.96. The summed E-state index contributed by atoms with van der Waals surface area (Å²) in [6.07, 6.45) is 0. The van der Waals surface area contributed by atoms with Crippen molar-refractivity contribution in [2.24, 2.45) is 7.05 Å². The Morgan fingerprint density at radius 2 is 2.00 bits per heavy atom. The van der Waals surface area contributed by atoms with E-state index in [1.807, 2.05) is 33.1 Å². The van der Waals surface area contributed by atoms with Gasteiger partial charge in [0.05, 0.1) is 0 Å². The van der Waals surface area contributed by atoms with E-state index in [0.29, 0.717) is 0 Å². The van der Waals surface area contributed by atoms with Gasteiger partial charge in [0.15, 0.2) is 0 Å². The van der Waals surface area contributed by atoms with Crippen molar-refractivity contribution in [2.75, 3.05) is 0 Å². The number of aromatic nitrogens is 3. The number of hydrogen-bond acceptors (Lipinski definition) is 2. The van der Waals surface area contributed by atoms with Gasteiger partial charge >= 0.3 is 0 Å². The van der Waals surface area contributed by atoms with Crippen molar-refractivity contribution >= 4 is 24.3 Å². The molecule has 0 fully saturated rings. The fourth-order valence-electron chi connectivity index (χ4n) is 1.13. The molecule has 1 aromatic carbocycles. The molecule has 54 valence electrons. The summed E-state index contributed by atoms with van der Waals surface area (Å²) in [5.74, 6) is 0. The van der Waals surface area contributed by atoms with Crippen LogP contribution in [0.15, 0.2) is 18.2 Å². The molecule has 0 radical (unpaired) electrons. The topological polar surface area (TPSA) is 30.7 Å². The summed E-state index contributed by atoms with van der Waals surface area (Å²) in [6, 6.07) is 6.05. The first-order valence-electron chi connectivity index (χ1n) is 3.53. The summed E-state index contributed by atoms with van der Waals surface area (Å²) >= 11 is 0. The van der Waals surface area contributed by atoms with Crippen LogP contribution < -0.4 is 5.46 Å². The van der Waals surface area contributed by atoms with E-state index in [1.165, 1.54) is 5.46 Å². The van der Waals surface area contributed by atoms with Gasteiger partial charge < -0.3 is 0 Å². The third-order valence-corrected chi connectivity index (χ3v) is 1.64. The highest BCUT2D eigenvalue weighted by atomic mass is 15.4. The molecule has 0 saturated heterocycles. The van der Waals surface area contributed by atoms with Crippen molar-refractivity contribution in [3.8, 4) is 0 Å². The van der Waals surface area contributed by atoms with Gasteiger partial charge in [0.25, 0.3) is 0 Å². The second-order valence-corrected chi connectivity index (χ2v) is 2.68. The Balaban J connectivity index is 2.82. The largest absolute Gasteiger partial charge is 0.187 e. The number of hydrogen-bond donors (Lipinski definition) is 0. The van der Waals surface area contributed by atoms with E-state index in [-0.39, 0.29) is 0 Å². The van der Waals surface area contributed by atoms with Crippen molar-refractivity contribution < 1.29 is 0 Å². The maximum absolute atomic E-state index is 4.18. The van der Waals surface area contributed by atoms with Gasteiger partial charge in [0.2, 0.25) is 0 Å². The normalized spacial score (nSPS) is 10.6. The SMILES string of the molecule is Bc1ccc2nn(C)nc2c1. The average molecular weight is 145 g/mol. The van der Waals surface area contributed by atoms with Gasteiger partial charge in [-0.25, -0.2) is 0 Å². The Morgan fingerprint density at radius 1 is 1.27 bits per heavy atom. The van der Waals surface area contributed by atoms with E-state index in [4.69, 9.17) is 0 Å². The summed E-state index contributed by atoms with van der Waals surface area (Å²) in [6.45, 7) is 0. The monoisotopic (exact) mass is 145 g/mol. The summed E-state index contributed by atoms with van der Waals surface area (Å²) in [5, 5.41) is 8.34. The maximum Gasteiger partial charge on any atom is 0.139 e. The average Bonchev–Trinajstić information content (AvgIpc) is 2.27. The highest BCUT2D eigenvalue weighted by Gasteiger charge is 1.97. The van der Waals surface area contributed by atoms with Gasteiger partial charge in [0.1, 0.15) is 18.9 Å². The molecule has 0 atom stereocenters. The molecule has 1 heterocycles. The molecule has 2 rings (SSSR count). The molecule has 0 aliphatic rings. The summed E-state index contributed by atoms with van der Waals surface area (Å²) < 4.78 is 0. The zero-order chi connectivity index (χ0) is 7.84. The van der Waals surface area contributed by atoms with Crippen LogP contribution in [0.25, 0.3) is 11.0 Å². The molecule has 0 unspecified atom stereocenters. The highest BCUT2D eigenvalue weighted by Crippen LogP contribution is 2.03. The minimum absolute atomic E-state index is 0.957. The minimum atomic E-state index is 0.957. The molecule has 11 heavy (non-hydrogen) atoms. The third-order valence-electron chi connectivity index (χ3n) is 1.64. The Hall–Kier alpha value is -1.32. The molecule has 2 aromatic rings. The van der Waals surface area contributed by atoms with Gasteiger partial charge in [-0.3, -0.25) is 0 Å². The van der Waals surface area contributed by atoms with Crippen molar-refractivity contribution in [2.45, 2.75) is 0 Å². The van der Waals surface area contributed by atoms with Crippen LogP contribution in [0.3, 0.4) is 0 Å². The summed E-state index contributed by atoms with van der Waals surface area (Å²) in [5.41, 5.74) is 3.14. The Bertz CT molecular complexity index is 393. The van der Waals surface area contributed by atoms with E-state index in [1.54, 1.807) is 4.80 Å². The Labute approximate surface area is 65.4 Å². The van der Waals surface area contributed by atoms with Crippen LogP contribution in [0.4, 0.5) is 0 Å². The summed E-state index contributed by atoms with van der Waals surface area (Å²) in [7, 11) is 3.88. The maximum atomic E-state index is 4.18. The predicted octanol–water partition coefficient (Wildman–Crippen LogP) is -0.773. The van der Waals surface area contributed by atoms with E-state index in [0.717, 1.165) is 11.0 Å². The Kier molecular flexibility index (Phi) is 1.21. The molecule has 4 heteroatoms. The molecule has 0 bridgehead atoms. The third kappa shape index (κ3) is 1.00. The lowest BCUT2D eigenvalue weighted by molar-refractivity contribution is 0.665. The molecular weight excluding hydrogens is 137 g/mol. The lowest BCUT2D eigenvalue weighted by Gasteiger charge is -1.87. The minimum Gasteiger partial charge on any atom is -0.187 e. The van der Waals surface area contributed by atoms with Crippen LogP contribution in [-0.2, 0) is 7.05 Å². The van der Waals surface area contributed by atoms with Crippen LogP contribution >= 0.6 is 0 Å². The predicted molar refractivity (Wildman–Crippen MR) is 46.7 cm³/mol. The molecule has 0 spiro atoms. The molecule has 0 aliphatic heterocycles. The smallest absolute Gasteiger partial charge is 0.139 e. The van der Waals surface area contributed by atoms with E-state index in [9.17, 15) is 0 Å². The van der Waals surface area contributed by atoms with Gasteiger partial charge in [-0.05, 0) is 12.1 Å². The molecular formula is C7H8BN3. The van der Waals surface area contributed by atoms with Crippen LogP contribution in [0.2, 0.25) is 0 Å². The number of aryl methyl sites for hydroxylation is 1. The van der Waals surface area contributed by atoms with Crippen molar-refractivity contribution in [1.29, 1.82) is 0 Å². The number of rotatable bonds is 0. The Morgan fingerprint density at radius 3 is 2.82 bits per heavy atom. The van der Waals surface area contributed by atoms with Crippen molar-refractivity contribution in [1.82, 2.24) is 15.0 Å². The van der Waals surface area contributed by atoms with E-state index in [2.05, 4.69) is 10.2 Å². The molecule has 1 aromatic heterocycles. The second kappa shape index (κ2) is 2.08. The zero-order valence-electron chi connectivity index (χ0n) is 6.57. The molecule has 0 saturated carbocycles. The van der Waals surface area contributed by atoms with Crippen LogP contribution in [0, 0.1) is 0 Å². The summed E-state index contributed by atoms with van der Waals surface area (Å²) in [4.78, 5) is 1.59. The molecule has 0 aliphatic carbocycles. The molecule has 0 amide bonds. The number of nitrogens with zero attached hydrogens (tertiary/aromatic N) is 3. The molecule has 0 N–H and O–H groups in total. The number of benzene rings is 1. The number of fused-ring (bicyclic) bond motifs is 1. The van der Waals surface area contributed by atoms with Crippen LogP contribution in [0.1, 0.15) is 0 Å². The standard InChI is InChI=1S/C7H8BN3/c1-11-9-6-3-2-5(8)4-7(6)10-11/h2-4H,8H2,1H3. The fourth-order valence-corrected chi connectivity index (χ4v) is 1.13. The fraction of sp³-hybridized carbons (Fsp3) is 0.143. The van der Waals surface area contributed by atoms with Crippen molar-refractivity contribution in [3.05, 3.63) is 18.2 Å². The van der Waals surface area contributed by atoms with Gasteiger partial charge in [-0.15, -0.1) is 0 Å². The second-order valence-electron chi connectivity index (χ2n) is 2.68. The van der Waals surface area contributed by atoms with Gasteiger partial charge in [-0.2, -0.15) is 15.0 Å². The first-order valence-corrected chi connectivity index (χ1v) is 3.53. The van der Waals surface area contributed by atoms with Crippen LogP contribution in [0.5, 0.6) is 0 Å². The van der Waals surface area contributed by atoms with Gasteiger partial charge in [-0.1, -0.05) is 11.5 Å². The van der Waals surface area contributed by atoms with Gasteiger partial charge in [0, 0.05) is 7.05 Å². The lowest BCUT2D eigenvalue weighted by Crippen LogP contribution is -1.99. The highest BCUT2D eigenvalue weighted by molar-refractivity contribution is 6.33. The quantitative estimate of drug-likeness (QED) is 0.455. The van der Waals surface area contributed by atoms with Crippen molar-refractivity contribution in [3.63, 3.8) is 0 Å². The first-order chi connectivity index (χ1) is 5.25. The zero-order valence-corrected chi connectivity index (χ0v) is 6.57. The first kappa shape index (κ1) is 6.40.